The van der Waals surface area contributed by atoms with Crippen LogP contribution in [0.15, 0.2) is 47.6 Å². The summed E-state index contributed by atoms with van der Waals surface area (Å²) in [5, 5.41) is 3.42. The lowest BCUT2D eigenvalue weighted by Crippen LogP contribution is -2.38. The van der Waals surface area contributed by atoms with Crippen molar-refractivity contribution in [3.8, 4) is 0 Å². The van der Waals surface area contributed by atoms with Crippen molar-refractivity contribution in [2.24, 2.45) is 17.3 Å². The van der Waals surface area contributed by atoms with Gasteiger partial charge >= 0.3 is 5.97 Å². The van der Waals surface area contributed by atoms with Gasteiger partial charge in [-0.15, -0.1) is 0 Å². The fraction of sp³-hybridized carbons (Fsp3) is 0.478. The van der Waals surface area contributed by atoms with Gasteiger partial charge in [0.2, 0.25) is 0 Å². The average molecular weight is 377 g/mol. The number of esters is 1. The monoisotopic (exact) mass is 377 g/mol. The number of hydrogen-bond donors (Lipinski definition) is 2. The summed E-state index contributed by atoms with van der Waals surface area (Å²) >= 11 is 0. The molecule has 5 rings (SSSR count). The van der Waals surface area contributed by atoms with Crippen LogP contribution < -0.4 is 5.32 Å². The minimum absolute atomic E-state index is 0.0187. The average Bonchev–Trinajstić information content (AvgIpc) is 3.20. The number of hydrogen-bond acceptors (Lipinski definition) is 4. The SMILES string of the molecule is CC1=CCCC2(C)CC3OC(=O)C(CNCc4nc5ccccc5[nH]4)C3C=C12. The molecule has 1 saturated heterocycles. The predicted octanol–water partition coefficient (Wildman–Crippen LogP) is 3.89. The molecule has 0 amide bonds. The highest BCUT2D eigenvalue weighted by Crippen LogP contribution is 2.52. The van der Waals surface area contributed by atoms with Crippen molar-refractivity contribution in [2.45, 2.75) is 45.8 Å². The highest BCUT2D eigenvalue weighted by Gasteiger charge is 2.50. The zero-order chi connectivity index (χ0) is 19.3. The van der Waals surface area contributed by atoms with Crippen LogP contribution in [0, 0.1) is 17.3 Å². The Labute approximate surface area is 165 Å². The Balaban J connectivity index is 1.30. The Bertz CT molecular complexity index is 956. The van der Waals surface area contributed by atoms with Crippen LogP contribution >= 0.6 is 0 Å². The number of aromatic nitrogens is 2. The third kappa shape index (κ3) is 2.89. The van der Waals surface area contributed by atoms with Crippen molar-refractivity contribution in [2.75, 3.05) is 6.54 Å². The molecule has 0 radical (unpaired) electrons. The molecule has 0 bridgehead atoms. The van der Waals surface area contributed by atoms with Crippen LogP contribution in [0.4, 0.5) is 0 Å². The second kappa shape index (κ2) is 6.59. The topological polar surface area (TPSA) is 67.0 Å². The standard InChI is InChI=1S/C23H27N3O2/c1-14-6-5-9-23(2)11-20-15(10-17(14)23)16(22(27)28-20)12-24-13-21-25-18-7-3-4-8-19(18)26-21/h3-4,6-8,10,15-16,20,24H,5,9,11-13H2,1-2H3,(H,25,26). The molecule has 2 heterocycles. The number of nitrogens with one attached hydrogen (secondary N) is 2. The summed E-state index contributed by atoms with van der Waals surface area (Å²) in [5.74, 6) is 0.874. The van der Waals surface area contributed by atoms with E-state index >= 15 is 0 Å². The first-order chi connectivity index (χ1) is 13.5. The van der Waals surface area contributed by atoms with Crippen molar-refractivity contribution >= 4 is 17.0 Å². The maximum atomic E-state index is 12.6. The molecule has 2 aromatic rings. The lowest BCUT2D eigenvalue weighted by molar-refractivity contribution is -0.145. The molecule has 1 aromatic carbocycles. The van der Waals surface area contributed by atoms with Crippen LogP contribution in [0.5, 0.6) is 0 Å². The first-order valence-corrected chi connectivity index (χ1v) is 10.3. The van der Waals surface area contributed by atoms with Gasteiger partial charge in [-0.05, 0) is 49.3 Å². The Morgan fingerprint density at radius 2 is 2.21 bits per heavy atom. The summed E-state index contributed by atoms with van der Waals surface area (Å²) in [6.07, 6.45) is 7.91. The van der Waals surface area contributed by atoms with E-state index in [1.54, 1.807) is 0 Å². The molecule has 3 aliphatic rings. The van der Waals surface area contributed by atoms with Gasteiger partial charge in [-0.25, -0.2) is 4.98 Å². The fourth-order valence-electron chi connectivity index (χ4n) is 5.30. The van der Waals surface area contributed by atoms with Gasteiger partial charge < -0.3 is 15.0 Å². The summed E-state index contributed by atoms with van der Waals surface area (Å²) in [5.41, 5.74) is 4.96. The second-order valence-corrected chi connectivity index (χ2v) is 8.76. The normalized spacial score (nSPS) is 31.8. The zero-order valence-electron chi connectivity index (χ0n) is 16.5. The molecule has 2 N–H and O–H groups in total. The van der Waals surface area contributed by atoms with Crippen molar-refractivity contribution in [1.29, 1.82) is 0 Å². The van der Waals surface area contributed by atoms with Crippen LogP contribution in [0.3, 0.4) is 0 Å². The largest absolute Gasteiger partial charge is 0.461 e. The molecule has 0 spiro atoms. The van der Waals surface area contributed by atoms with E-state index < -0.39 is 0 Å². The van der Waals surface area contributed by atoms with Crippen molar-refractivity contribution in [1.82, 2.24) is 15.3 Å². The maximum Gasteiger partial charge on any atom is 0.311 e. The molecule has 0 saturated carbocycles. The van der Waals surface area contributed by atoms with Crippen LogP contribution in [0.1, 0.15) is 38.9 Å². The lowest BCUT2D eigenvalue weighted by atomic mass is 9.62. The van der Waals surface area contributed by atoms with E-state index in [4.69, 9.17) is 4.74 Å². The molecule has 4 atom stereocenters. The number of imidazole rings is 1. The Morgan fingerprint density at radius 1 is 1.36 bits per heavy atom. The van der Waals surface area contributed by atoms with Crippen LogP contribution in [-0.2, 0) is 16.1 Å². The van der Waals surface area contributed by atoms with Crippen molar-refractivity contribution in [3.63, 3.8) is 0 Å². The molecule has 5 nitrogen and oxygen atoms in total. The molecule has 146 valence electrons. The number of para-hydroxylation sites is 2. The lowest BCUT2D eigenvalue weighted by Gasteiger charge is -2.42. The van der Waals surface area contributed by atoms with Gasteiger partial charge in [-0.1, -0.05) is 36.8 Å². The van der Waals surface area contributed by atoms with Gasteiger partial charge in [0.1, 0.15) is 11.9 Å². The molecular weight excluding hydrogens is 350 g/mol. The maximum absolute atomic E-state index is 12.6. The summed E-state index contributed by atoms with van der Waals surface area (Å²) in [7, 11) is 0. The van der Waals surface area contributed by atoms with Crippen LogP contribution in [0.2, 0.25) is 0 Å². The molecule has 1 aromatic heterocycles. The van der Waals surface area contributed by atoms with E-state index in [9.17, 15) is 4.79 Å². The molecule has 5 heteroatoms. The van der Waals surface area contributed by atoms with Crippen LogP contribution in [-0.4, -0.2) is 28.6 Å². The summed E-state index contributed by atoms with van der Waals surface area (Å²) in [6.45, 7) is 5.76. The fourth-order valence-corrected chi connectivity index (χ4v) is 5.30. The van der Waals surface area contributed by atoms with E-state index in [2.05, 4.69) is 41.3 Å². The molecule has 1 fully saturated rings. The number of benzene rings is 1. The Hall–Kier alpha value is -2.40. The van der Waals surface area contributed by atoms with Gasteiger partial charge in [0.25, 0.3) is 0 Å². The van der Waals surface area contributed by atoms with Gasteiger partial charge in [0, 0.05) is 12.5 Å². The smallest absolute Gasteiger partial charge is 0.311 e. The van der Waals surface area contributed by atoms with E-state index in [1.807, 2.05) is 24.3 Å². The Morgan fingerprint density at radius 3 is 3.07 bits per heavy atom. The summed E-state index contributed by atoms with van der Waals surface area (Å²) in [6, 6.07) is 8.01. The number of fused-ring (bicyclic) bond motifs is 3. The highest BCUT2D eigenvalue weighted by molar-refractivity contribution is 5.76. The van der Waals surface area contributed by atoms with Gasteiger partial charge in [-0.3, -0.25) is 4.79 Å². The van der Waals surface area contributed by atoms with Gasteiger partial charge in [-0.2, -0.15) is 0 Å². The quantitative estimate of drug-likeness (QED) is 0.794. The second-order valence-electron chi connectivity index (χ2n) is 8.76. The third-order valence-electron chi connectivity index (χ3n) is 6.79. The molecular formula is C23H27N3O2. The number of aromatic amines is 1. The summed E-state index contributed by atoms with van der Waals surface area (Å²) < 4.78 is 5.81. The number of H-pyrrole nitrogens is 1. The third-order valence-corrected chi connectivity index (χ3v) is 6.79. The number of ether oxygens (including phenoxy) is 1. The predicted molar refractivity (Wildman–Crippen MR) is 108 cm³/mol. The number of rotatable bonds is 4. The Kier molecular flexibility index (Phi) is 4.16. The summed E-state index contributed by atoms with van der Waals surface area (Å²) in [4.78, 5) is 20.5. The van der Waals surface area contributed by atoms with Gasteiger partial charge in [0.05, 0.1) is 23.5 Å². The van der Waals surface area contributed by atoms with E-state index in [0.717, 1.165) is 36.1 Å². The number of allylic oxidation sites excluding steroid dienone is 3. The number of nitrogens with zero attached hydrogens (tertiary/aromatic N) is 1. The first-order valence-electron chi connectivity index (χ1n) is 10.3. The number of carbonyl (C=O) groups excluding carboxylic acids is 1. The minimum Gasteiger partial charge on any atom is -0.461 e. The van der Waals surface area contributed by atoms with Gasteiger partial charge in [0.15, 0.2) is 0 Å². The van der Waals surface area contributed by atoms with E-state index in [-0.39, 0.29) is 29.3 Å². The molecule has 1 aliphatic heterocycles. The van der Waals surface area contributed by atoms with Crippen molar-refractivity contribution < 1.29 is 9.53 Å². The number of carbonyl (C=O) groups is 1. The first kappa shape index (κ1) is 17.7. The van der Waals surface area contributed by atoms with E-state index in [0.29, 0.717) is 13.1 Å². The highest BCUT2D eigenvalue weighted by atomic mass is 16.6. The zero-order valence-corrected chi connectivity index (χ0v) is 16.5. The molecule has 28 heavy (non-hydrogen) atoms. The molecule has 2 aliphatic carbocycles. The van der Waals surface area contributed by atoms with E-state index in [1.165, 1.54) is 11.1 Å². The van der Waals surface area contributed by atoms with Crippen molar-refractivity contribution in [3.05, 3.63) is 53.4 Å². The molecule has 4 unspecified atom stereocenters. The minimum atomic E-state index is -0.124. The van der Waals surface area contributed by atoms with Crippen LogP contribution in [0.25, 0.3) is 11.0 Å².